The summed E-state index contributed by atoms with van der Waals surface area (Å²) in [5, 5.41) is 3.55. The normalized spacial score (nSPS) is 22.6. The van der Waals surface area contributed by atoms with Gasteiger partial charge in [0, 0.05) is 17.6 Å². The van der Waals surface area contributed by atoms with Gasteiger partial charge < -0.3 is 5.32 Å². The Kier molecular flexibility index (Phi) is 2.17. The maximum absolute atomic E-state index is 3.55. The molecule has 0 saturated carbocycles. The molecule has 0 aliphatic carbocycles. The highest BCUT2D eigenvalue weighted by Crippen LogP contribution is 2.39. The minimum atomic E-state index is 0.472. The van der Waals surface area contributed by atoms with Gasteiger partial charge in [-0.3, -0.25) is 0 Å². The van der Waals surface area contributed by atoms with E-state index in [1.807, 2.05) is 0 Å². The molecule has 0 spiro atoms. The number of anilines is 1. The van der Waals surface area contributed by atoms with Crippen LogP contribution in [-0.2, 0) is 0 Å². The Morgan fingerprint density at radius 2 is 1.56 bits per heavy atom. The first-order valence-corrected chi connectivity index (χ1v) is 5.76. The number of hydrogen-bond acceptors (Lipinski definition) is 1. The van der Waals surface area contributed by atoms with Crippen molar-refractivity contribution in [3.05, 3.63) is 65.7 Å². The SMILES string of the molecule is CC1Nc2ccccc2C1c1ccccc1. The molecule has 1 N–H and O–H groups in total. The van der Waals surface area contributed by atoms with E-state index in [9.17, 15) is 0 Å². The van der Waals surface area contributed by atoms with Gasteiger partial charge >= 0.3 is 0 Å². The van der Waals surface area contributed by atoms with Gasteiger partial charge in [-0.25, -0.2) is 0 Å². The summed E-state index contributed by atoms with van der Waals surface area (Å²) in [5.41, 5.74) is 4.09. The number of rotatable bonds is 1. The van der Waals surface area contributed by atoms with E-state index in [-0.39, 0.29) is 0 Å². The molecule has 1 heteroatoms. The van der Waals surface area contributed by atoms with Crippen LogP contribution in [0.15, 0.2) is 54.6 Å². The molecule has 1 heterocycles. The van der Waals surface area contributed by atoms with E-state index >= 15 is 0 Å². The third kappa shape index (κ3) is 1.40. The third-order valence-corrected chi connectivity index (χ3v) is 3.34. The van der Waals surface area contributed by atoms with Gasteiger partial charge in [0.05, 0.1) is 0 Å². The second-order valence-corrected chi connectivity index (χ2v) is 4.41. The van der Waals surface area contributed by atoms with Crippen LogP contribution in [0.5, 0.6) is 0 Å². The number of para-hydroxylation sites is 1. The first-order chi connectivity index (χ1) is 7.86. The predicted molar refractivity (Wildman–Crippen MR) is 67.8 cm³/mol. The van der Waals surface area contributed by atoms with Crippen LogP contribution >= 0.6 is 0 Å². The molecule has 3 rings (SSSR count). The second-order valence-electron chi connectivity index (χ2n) is 4.41. The minimum Gasteiger partial charge on any atom is -0.381 e. The first kappa shape index (κ1) is 9.46. The number of hydrogen-bond donors (Lipinski definition) is 1. The topological polar surface area (TPSA) is 12.0 Å². The summed E-state index contributed by atoms with van der Waals surface area (Å²) in [4.78, 5) is 0. The fourth-order valence-electron chi connectivity index (χ4n) is 2.63. The largest absolute Gasteiger partial charge is 0.381 e. The molecule has 0 radical (unpaired) electrons. The van der Waals surface area contributed by atoms with Crippen LogP contribution in [0.4, 0.5) is 5.69 Å². The van der Waals surface area contributed by atoms with Crippen molar-refractivity contribution in [1.82, 2.24) is 0 Å². The lowest BCUT2D eigenvalue weighted by molar-refractivity contribution is 0.727. The van der Waals surface area contributed by atoms with Gasteiger partial charge in [-0.2, -0.15) is 0 Å². The monoisotopic (exact) mass is 209 g/mol. The molecule has 2 unspecified atom stereocenters. The van der Waals surface area contributed by atoms with Crippen LogP contribution in [0.25, 0.3) is 0 Å². The molecule has 1 aliphatic heterocycles. The third-order valence-electron chi connectivity index (χ3n) is 3.34. The van der Waals surface area contributed by atoms with Crippen LogP contribution in [-0.4, -0.2) is 6.04 Å². The first-order valence-electron chi connectivity index (χ1n) is 5.76. The van der Waals surface area contributed by atoms with Gasteiger partial charge in [-0.1, -0.05) is 48.5 Å². The van der Waals surface area contributed by atoms with E-state index in [2.05, 4.69) is 66.8 Å². The molecule has 0 amide bonds. The summed E-state index contributed by atoms with van der Waals surface area (Å²) in [6.45, 7) is 2.25. The van der Waals surface area contributed by atoms with Crippen LogP contribution in [0.1, 0.15) is 24.0 Å². The molecule has 2 atom stereocenters. The Labute approximate surface area is 96.1 Å². The number of nitrogens with one attached hydrogen (secondary N) is 1. The summed E-state index contributed by atoms with van der Waals surface area (Å²) >= 11 is 0. The Bertz CT molecular complexity index is 490. The van der Waals surface area contributed by atoms with E-state index in [4.69, 9.17) is 0 Å². The van der Waals surface area contributed by atoms with Gasteiger partial charge in [0.2, 0.25) is 0 Å². The van der Waals surface area contributed by atoms with Crippen LogP contribution in [0, 0.1) is 0 Å². The fourth-order valence-corrected chi connectivity index (χ4v) is 2.63. The zero-order valence-electron chi connectivity index (χ0n) is 9.35. The van der Waals surface area contributed by atoms with Gasteiger partial charge in [-0.05, 0) is 24.1 Å². The summed E-state index contributed by atoms with van der Waals surface area (Å²) in [6.07, 6.45) is 0. The van der Waals surface area contributed by atoms with Crippen molar-refractivity contribution in [2.75, 3.05) is 5.32 Å². The maximum Gasteiger partial charge on any atom is 0.0382 e. The lowest BCUT2D eigenvalue weighted by atomic mass is 9.89. The van der Waals surface area contributed by atoms with Crippen molar-refractivity contribution in [2.24, 2.45) is 0 Å². The molecule has 2 aromatic carbocycles. The van der Waals surface area contributed by atoms with E-state index < -0.39 is 0 Å². The van der Waals surface area contributed by atoms with E-state index in [1.54, 1.807) is 0 Å². The molecule has 0 fully saturated rings. The highest BCUT2D eigenvalue weighted by molar-refractivity contribution is 5.62. The molecule has 80 valence electrons. The average Bonchev–Trinajstić information content (AvgIpc) is 2.66. The zero-order chi connectivity index (χ0) is 11.0. The number of fused-ring (bicyclic) bond motifs is 1. The predicted octanol–water partition coefficient (Wildman–Crippen LogP) is 3.63. The lowest BCUT2D eigenvalue weighted by Crippen LogP contribution is -2.16. The Balaban J connectivity index is 2.09. The van der Waals surface area contributed by atoms with Crippen molar-refractivity contribution in [2.45, 2.75) is 18.9 Å². The van der Waals surface area contributed by atoms with Gasteiger partial charge in [0.1, 0.15) is 0 Å². The van der Waals surface area contributed by atoms with Crippen molar-refractivity contribution >= 4 is 5.69 Å². The maximum atomic E-state index is 3.55. The van der Waals surface area contributed by atoms with Gasteiger partial charge in [0.25, 0.3) is 0 Å². The standard InChI is InChI=1S/C15H15N/c1-11-15(12-7-3-2-4-8-12)13-9-5-6-10-14(13)16-11/h2-11,15-16H,1H3. The molecular weight excluding hydrogens is 194 g/mol. The molecule has 1 aliphatic rings. The van der Waals surface area contributed by atoms with Crippen molar-refractivity contribution in [3.63, 3.8) is 0 Å². The van der Waals surface area contributed by atoms with E-state index in [0.29, 0.717) is 12.0 Å². The van der Waals surface area contributed by atoms with Crippen LogP contribution in [0.3, 0.4) is 0 Å². The minimum absolute atomic E-state index is 0.472. The second kappa shape index (κ2) is 3.67. The summed E-state index contributed by atoms with van der Waals surface area (Å²) in [7, 11) is 0. The molecule has 1 nitrogen and oxygen atoms in total. The molecule has 0 aromatic heterocycles. The molecule has 0 saturated heterocycles. The molecule has 16 heavy (non-hydrogen) atoms. The quantitative estimate of drug-likeness (QED) is 0.756. The van der Waals surface area contributed by atoms with E-state index in [0.717, 1.165) is 0 Å². The average molecular weight is 209 g/mol. The van der Waals surface area contributed by atoms with E-state index in [1.165, 1.54) is 16.8 Å². The van der Waals surface area contributed by atoms with Gasteiger partial charge in [-0.15, -0.1) is 0 Å². The van der Waals surface area contributed by atoms with Crippen molar-refractivity contribution in [1.29, 1.82) is 0 Å². The lowest BCUT2D eigenvalue weighted by Gasteiger charge is -2.16. The highest BCUT2D eigenvalue weighted by Gasteiger charge is 2.29. The molecule has 0 bridgehead atoms. The Morgan fingerprint density at radius 1 is 0.875 bits per heavy atom. The smallest absolute Gasteiger partial charge is 0.0382 e. The molecule has 2 aromatic rings. The van der Waals surface area contributed by atoms with Gasteiger partial charge in [0.15, 0.2) is 0 Å². The van der Waals surface area contributed by atoms with Crippen molar-refractivity contribution < 1.29 is 0 Å². The fraction of sp³-hybridized carbons (Fsp3) is 0.200. The summed E-state index contributed by atoms with van der Waals surface area (Å²) < 4.78 is 0. The molecular formula is C15H15N. The highest BCUT2D eigenvalue weighted by atomic mass is 15.0. The Morgan fingerprint density at radius 3 is 2.38 bits per heavy atom. The summed E-state index contributed by atoms with van der Waals surface area (Å²) in [6, 6.07) is 19.8. The zero-order valence-corrected chi connectivity index (χ0v) is 9.35. The van der Waals surface area contributed by atoms with Crippen LogP contribution in [0.2, 0.25) is 0 Å². The summed E-state index contributed by atoms with van der Waals surface area (Å²) in [5.74, 6) is 0.484. The van der Waals surface area contributed by atoms with Crippen molar-refractivity contribution in [3.8, 4) is 0 Å². The van der Waals surface area contributed by atoms with Crippen LogP contribution < -0.4 is 5.32 Å². The number of benzene rings is 2. The Hall–Kier alpha value is -1.76.